The molecule has 0 aliphatic rings. The van der Waals surface area contributed by atoms with Gasteiger partial charge in [-0.25, -0.2) is 4.79 Å². The van der Waals surface area contributed by atoms with Crippen molar-refractivity contribution in [2.75, 3.05) is 0 Å². The number of hydrogen-bond acceptors (Lipinski definition) is 4. The summed E-state index contributed by atoms with van der Waals surface area (Å²) >= 11 is 0. The number of aliphatic carboxylic acids is 1. The van der Waals surface area contributed by atoms with Crippen molar-refractivity contribution in [3.8, 4) is 5.75 Å². The van der Waals surface area contributed by atoms with E-state index in [2.05, 4.69) is 4.98 Å². The highest BCUT2D eigenvalue weighted by molar-refractivity contribution is 5.72. The molecule has 0 bridgehead atoms. The molecule has 1 aromatic rings. The van der Waals surface area contributed by atoms with Crippen molar-refractivity contribution in [2.45, 2.75) is 39.3 Å². The maximum atomic E-state index is 11.0. The second-order valence-corrected chi connectivity index (χ2v) is 3.83. The molecule has 5 nitrogen and oxygen atoms in total. The number of rotatable bonds is 6. The van der Waals surface area contributed by atoms with Crippen LogP contribution in [0.2, 0.25) is 0 Å². The summed E-state index contributed by atoms with van der Waals surface area (Å²) in [5.74, 6) is -0.505. The Balaban J connectivity index is 2.88. The number of pyridine rings is 1. The quantitative estimate of drug-likeness (QED) is 0.784. The smallest absolute Gasteiger partial charge is 0.344 e. The first-order valence-electron chi connectivity index (χ1n) is 5.64. The summed E-state index contributed by atoms with van der Waals surface area (Å²) in [4.78, 5) is 15.2. The number of hydrogen-bond donors (Lipinski definition) is 2. The van der Waals surface area contributed by atoms with Gasteiger partial charge in [-0.3, -0.25) is 4.98 Å². The minimum absolute atomic E-state index is 0.232. The van der Waals surface area contributed by atoms with E-state index in [1.54, 1.807) is 12.1 Å². The fourth-order valence-electron chi connectivity index (χ4n) is 1.50. The van der Waals surface area contributed by atoms with Crippen molar-refractivity contribution < 1.29 is 14.6 Å². The molecule has 0 amide bonds. The fourth-order valence-corrected chi connectivity index (χ4v) is 1.50. The summed E-state index contributed by atoms with van der Waals surface area (Å²) in [5, 5.41) is 9.01. The maximum absolute atomic E-state index is 11.0. The molecule has 0 saturated carbocycles. The molecule has 1 atom stereocenters. The first-order chi connectivity index (χ1) is 8.08. The van der Waals surface area contributed by atoms with Crippen LogP contribution in [-0.2, 0) is 11.3 Å². The van der Waals surface area contributed by atoms with Gasteiger partial charge in [0.15, 0.2) is 6.10 Å². The lowest BCUT2D eigenvalue weighted by Crippen LogP contribution is -2.27. The fraction of sp³-hybridized carbons (Fsp3) is 0.500. The third-order valence-corrected chi connectivity index (χ3v) is 2.36. The van der Waals surface area contributed by atoms with Gasteiger partial charge in [-0.05, 0) is 25.5 Å². The summed E-state index contributed by atoms with van der Waals surface area (Å²) < 4.78 is 5.45. The molecule has 94 valence electrons. The molecule has 0 aliphatic heterocycles. The molecule has 0 fully saturated rings. The summed E-state index contributed by atoms with van der Waals surface area (Å²) in [6, 6.07) is 3.50. The Morgan fingerprint density at radius 2 is 2.29 bits per heavy atom. The number of aryl methyl sites for hydroxylation is 1. The topological polar surface area (TPSA) is 85.4 Å². The molecule has 1 aromatic heterocycles. The predicted molar refractivity (Wildman–Crippen MR) is 63.8 cm³/mol. The van der Waals surface area contributed by atoms with E-state index in [-0.39, 0.29) is 6.54 Å². The number of ether oxygens (including phenoxy) is 1. The highest BCUT2D eigenvalue weighted by atomic mass is 16.5. The molecular formula is C12H18N2O3. The van der Waals surface area contributed by atoms with Crippen molar-refractivity contribution in [3.63, 3.8) is 0 Å². The maximum Gasteiger partial charge on any atom is 0.344 e. The molecule has 3 N–H and O–H groups in total. The third kappa shape index (κ3) is 3.71. The standard InChI is InChI=1S/C12H18N2O3/c1-3-4-11(12(15)16)17-10-6-5-8(2)14-9(10)7-13/h5-6,11H,3-4,7,13H2,1-2H3,(H,15,16). The summed E-state index contributed by atoms with van der Waals surface area (Å²) in [5.41, 5.74) is 6.98. The van der Waals surface area contributed by atoms with Gasteiger partial charge >= 0.3 is 5.97 Å². The Morgan fingerprint density at radius 1 is 1.59 bits per heavy atom. The van der Waals surface area contributed by atoms with Crippen LogP contribution in [0.4, 0.5) is 0 Å². The van der Waals surface area contributed by atoms with Gasteiger partial charge in [0.1, 0.15) is 5.75 Å². The molecule has 0 saturated heterocycles. The molecular weight excluding hydrogens is 220 g/mol. The third-order valence-electron chi connectivity index (χ3n) is 2.36. The average molecular weight is 238 g/mol. The Morgan fingerprint density at radius 3 is 2.82 bits per heavy atom. The zero-order chi connectivity index (χ0) is 12.8. The van der Waals surface area contributed by atoms with E-state index in [0.29, 0.717) is 17.9 Å². The van der Waals surface area contributed by atoms with Gasteiger partial charge in [-0.2, -0.15) is 0 Å². The average Bonchev–Trinajstić information content (AvgIpc) is 2.30. The lowest BCUT2D eigenvalue weighted by molar-refractivity contribution is -0.145. The zero-order valence-electron chi connectivity index (χ0n) is 10.1. The number of aromatic nitrogens is 1. The lowest BCUT2D eigenvalue weighted by atomic mass is 10.2. The van der Waals surface area contributed by atoms with E-state index in [4.69, 9.17) is 15.6 Å². The van der Waals surface area contributed by atoms with Crippen LogP contribution in [0.15, 0.2) is 12.1 Å². The van der Waals surface area contributed by atoms with E-state index in [0.717, 1.165) is 12.1 Å². The van der Waals surface area contributed by atoms with E-state index in [1.807, 2.05) is 13.8 Å². The van der Waals surface area contributed by atoms with Crippen LogP contribution in [0, 0.1) is 6.92 Å². The van der Waals surface area contributed by atoms with Crippen molar-refractivity contribution >= 4 is 5.97 Å². The van der Waals surface area contributed by atoms with Gasteiger partial charge in [-0.15, -0.1) is 0 Å². The van der Waals surface area contributed by atoms with Crippen molar-refractivity contribution in [1.29, 1.82) is 0 Å². The van der Waals surface area contributed by atoms with Gasteiger partial charge in [0.05, 0.1) is 5.69 Å². The molecule has 0 aliphatic carbocycles. The summed E-state index contributed by atoms with van der Waals surface area (Å²) in [6.45, 7) is 4.00. The summed E-state index contributed by atoms with van der Waals surface area (Å²) in [6.07, 6.45) is 0.372. The van der Waals surface area contributed by atoms with Crippen molar-refractivity contribution in [1.82, 2.24) is 4.98 Å². The van der Waals surface area contributed by atoms with E-state index in [9.17, 15) is 4.79 Å². The largest absolute Gasteiger partial charge is 0.479 e. The Bertz CT molecular complexity index is 393. The van der Waals surface area contributed by atoms with E-state index in [1.165, 1.54) is 0 Å². The number of nitrogens with zero attached hydrogens (tertiary/aromatic N) is 1. The van der Waals surface area contributed by atoms with Crippen LogP contribution < -0.4 is 10.5 Å². The molecule has 1 unspecified atom stereocenters. The minimum Gasteiger partial charge on any atom is -0.479 e. The molecule has 0 spiro atoms. The van der Waals surface area contributed by atoms with Crippen LogP contribution in [-0.4, -0.2) is 22.2 Å². The zero-order valence-corrected chi connectivity index (χ0v) is 10.1. The van der Waals surface area contributed by atoms with Crippen LogP contribution in [0.1, 0.15) is 31.2 Å². The number of carbonyl (C=O) groups is 1. The molecule has 5 heteroatoms. The molecule has 0 radical (unpaired) electrons. The van der Waals surface area contributed by atoms with Gasteiger partial charge < -0.3 is 15.6 Å². The van der Waals surface area contributed by atoms with Gasteiger partial charge in [-0.1, -0.05) is 13.3 Å². The molecule has 17 heavy (non-hydrogen) atoms. The number of carboxylic acid groups (broad SMARTS) is 1. The minimum atomic E-state index is -0.963. The Kier molecular flexibility index (Phi) is 4.90. The molecule has 1 heterocycles. The summed E-state index contributed by atoms with van der Waals surface area (Å²) in [7, 11) is 0. The van der Waals surface area contributed by atoms with Crippen LogP contribution in [0.5, 0.6) is 5.75 Å². The van der Waals surface area contributed by atoms with E-state index < -0.39 is 12.1 Å². The predicted octanol–water partition coefficient (Wildman–Crippen LogP) is 1.48. The highest BCUT2D eigenvalue weighted by Gasteiger charge is 2.19. The molecule has 1 rings (SSSR count). The number of carboxylic acids is 1. The second-order valence-electron chi connectivity index (χ2n) is 3.83. The lowest BCUT2D eigenvalue weighted by Gasteiger charge is -2.16. The van der Waals surface area contributed by atoms with Crippen molar-refractivity contribution in [2.24, 2.45) is 5.73 Å². The van der Waals surface area contributed by atoms with E-state index >= 15 is 0 Å². The van der Waals surface area contributed by atoms with Crippen molar-refractivity contribution in [3.05, 3.63) is 23.5 Å². The first-order valence-corrected chi connectivity index (χ1v) is 5.64. The Labute approximate surface area is 101 Å². The van der Waals surface area contributed by atoms with Crippen LogP contribution >= 0.6 is 0 Å². The first kappa shape index (κ1) is 13.4. The Hall–Kier alpha value is -1.62. The van der Waals surface area contributed by atoms with Gasteiger partial charge in [0, 0.05) is 12.2 Å². The SMILES string of the molecule is CCCC(Oc1ccc(C)nc1CN)C(=O)O. The van der Waals surface area contributed by atoms with Crippen LogP contribution in [0.25, 0.3) is 0 Å². The second kappa shape index (κ2) is 6.20. The number of nitrogens with two attached hydrogens (primary N) is 1. The monoisotopic (exact) mass is 238 g/mol. The normalized spacial score (nSPS) is 12.2. The van der Waals surface area contributed by atoms with Gasteiger partial charge in [0.25, 0.3) is 0 Å². The molecule has 0 aromatic carbocycles. The highest BCUT2D eigenvalue weighted by Crippen LogP contribution is 2.19. The van der Waals surface area contributed by atoms with Crippen LogP contribution in [0.3, 0.4) is 0 Å². The van der Waals surface area contributed by atoms with Gasteiger partial charge in [0.2, 0.25) is 0 Å².